The van der Waals surface area contributed by atoms with E-state index >= 15 is 0 Å². The number of aliphatic hydroxyl groups is 1. The monoisotopic (exact) mass is 278 g/mol. The Kier molecular flexibility index (Phi) is 4.62. The van der Waals surface area contributed by atoms with Gasteiger partial charge in [0.15, 0.2) is 0 Å². The van der Waals surface area contributed by atoms with Crippen LogP contribution in [0.3, 0.4) is 0 Å². The molecule has 3 N–H and O–H groups in total. The van der Waals surface area contributed by atoms with Gasteiger partial charge >= 0.3 is 6.03 Å². The molecule has 0 aliphatic heterocycles. The van der Waals surface area contributed by atoms with Gasteiger partial charge in [-0.25, -0.2) is 4.79 Å². The fourth-order valence-corrected chi connectivity index (χ4v) is 2.19. The molecule has 0 saturated heterocycles. The van der Waals surface area contributed by atoms with Crippen LogP contribution in [-0.2, 0) is 4.74 Å². The van der Waals surface area contributed by atoms with Crippen LogP contribution in [-0.4, -0.2) is 30.4 Å². The fraction of sp³-hybridized carbons (Fsp3) is 0.533. The normalized spacial score (nSPS) is 17.9. The number of hydrogen-bond donors (Lipinski definition) is 3. The molecule has 0 bridgehead atoms. The molecular weight excluding hydrogens is 256 g/mol. The van der Waals surface area contributed by atoms with Crippen LogP contribution < -0.4 is 10.6 Å². The average molecular weight is 278 g/mol. The number of carbonyl (C=O) groups is 1. The van der Waals surface area contributed by atoms with Crippen molar-refractivity contribution in [2.45, 2.75) is 37.9 Å². The van der Waals surface area contributed by atoms with E-state index in [1.165, 1.54) is 0 Å². The summed E-state index contributed by atoms with van der Waals surface area (Å²) < 4.78 is 5.25. The summed E-state index contributed by atoms with van der Waals surface area (Å²) in [5.74, 6) is 0. The van der Waals surface area contributed by atoms with Crippen LogP contribution in [0.1, 0.15) is 37.9 Å². The summed E-state index contributed by atoms with van der Waals surface area (Å²) in [6.07, 6.45) is 2.52. The van der Waals surface area contributed by atoms with Crippen molar-refractivity contribution in [2.24, 2.45) is 0 Å². The van der Waals surface area contributed by atoms with Gasteiger partial charge in [-0.1, -0.05) is 12.1 Å². The molecule has 2 amide bonds. The molecule has 0 aromatic heterocycles. The second-order valence-electron chi connectivity index (χ2n) is 5.39. The Balaban J connectivity index is 1.87. The first-order valence-electron chi connectivity index (χ1n) is 6.92. The highest BCUT2D eigenvalue weighted by molar-refractivity contribution is 5.89. The predicted octanol–water partition coefficient (Wildman–Crippen LogP) is 2.43. The zero-order valence-electron chi connectivity index (χ0n) is 12.0. The number of ether oxygens (including phenoxy) is 1. The maximum Gasteiger partial charge on any atom is 0.319 e. The fourth-order valence-electron chi connectivity index (χ4n) is 2.19. The second-order valence-corrected chi connectivity index (χ2v) is 5.39. The number of benzene rings is 1. The number of hydrogen-bond acceptors (Lipinski definition) is 3. The summed E-state index contributed by atoms with van der Waals surface area (Å²) >= 11 is 0. The van der Waals surface area contributed by atoms with E-state index in [-0.39, 0.29) is 12.1 Å². The quantitative estimate of drug-likeness (QED) is 0.774. The summed E-state index contributed by atoms with van der Waals surface area (Å²) in [5.41, 5.74) is 1.01. The van der Waals surface area contributed by atoms with Crippen LogP contribution in [0.2, 0.25) is 0 Å². The summed E-state index contributed by atoms with van der Waals surface area (Å²) in [6, 6.07) is 7.23. The lowest BCUT2D eigenvalue weighted by Crippen LogP contribution is -2.48. The van der Waals surface area contributed by atoms with Gasteiger partial charge in [-0.05, 0) is 43.9 Å². The predicted molar refractivity (Wildman–Crippen MR) is 77.7 cm³/mol. The molecule has 5 nitrogen and oxygen atoms in total. The molecule has 1 atom stereocenters. The van der Waals surface area contributed by atoms with Crippen molar-refractivity contribution in [1.29, 1.82) is 0 Å². The Morgan fingerprint density at radius 1 is 1.50 bits per heavy atom. The zero-order valence-corrected chi connectivity index (χ0v) is 12.0. The van der Waals surface area contributed by atoms with Gasteiger partial charge in [0.25, 0.3) is 0 Å². The van der Waals surface area contributed by atoms with Crippen molar-refractivity contribution in [3.8, 4) is 0 Å². The molecule has 110 valence electrons. The Bertz CT molecular complexity index is 472. The Hall–Kier alpha value is -1.59. The smallest absolute Gasteiger partial charge is 0.319 e. The highest BCUT2D eigenvalue weighted by Gasteiger charge is 2.34. The number of carbonyl (C=O) groups excluding carboxylic acids is 1. The van der Waals surface area contributed by atoms with Crippen molar-refractivity contribution in [3.63, 3.8) is 0 Å². The number of amides is 2. The van der Waals surface area contributed by atoms with Crippen LogP contribution >= 0.6 is 0 Å². The van der Waals surface area contributed by atoms with Crippen LogP contribution in [0, 0.1) is 0 Å². The standard InChI is InChI=1S/C15H22N2O3/c1-11(20-2)12-5-3-6-13(9-12)17-14(18)16-10-15(19)7-4-8-15/h3,5-6,9,11,19H,4,7-8,10H2,1-2H3,(H2,16,17,18). The molecule has 1 aromatic rings. The van der Waals surface area contributed by atoms with Crippen molar-refractivity contribution >= 4 is 11.7 Å². The lowest BCUT2D eigenvalue weighted by molar-refractivity contribution is -0.0287. The third kappa shape index (κ3) is 3.71. The van der Waals surface area contributed by atoms with Crippen LogP contribution in [0.5, 0.6) is 0 Å². The molecule has 0 spiro atoms. The van der Waals surface area contributed by atoms with Gasteiger partial charge in [0.2, 0.25) is 0 Å². The molecule has 2 rings (SSSR count). The molecule has 1 aromatic carbocycles. The van der Waals surface area contributed by atoms with E-state index in [1.807, 2.05) is 31.2 Å². The first-order chi connectivity index (χ1) is 9.52. The highest BCUT2D eigenvalue weighted by Crippen LogP contribution is 2.30. The molecule has 20 heavy (non-hydrogen) atoms. The number of urea groups is 1. The van der Waals surface area contributed by atoms with Crippen LogP contribution in [0.15, 0.2) is 24.3 Å². The molecule has 1 unspecified atom stereocenters. The molecular formula is C15H22N2O3. The minimum atomic E-state index is -0.705. The van der Waals surface area contributed by atoms with Gasteiger partial charge in [-0.3, -0.25) is 0 Å². The molecule has 1 aliphatic rings. The third-order valence-electron chi connectivity index (χ3n) is 3.83. The third-order valence-corrected chi connectivity index (χ3v) is 3.83. The number of nitrogens with one attached hydrogen (secondary N) is 2. The number of anilines is 1. The summed E-state index contributed by atoms with van der Waals surface area (Å²) in [6.45, 7) is 2.25. The Labute approximate surface area is 119 Å². The molecule has 1 aliphatic carbocycles. The number of methoxy groups -OCH3 is 1. The zero-order chi connectivity index (χ0) is 14.6. The molecule has 1 saturated carbocycles. The van der Waals surface area contributed by atoms with Crippen molar-refractivity contribution in [3.05, 3.63) is 29.8 Å². The summed E-state index contributed by atoms with van der Waals surface area (Å²) in [4.78, 5) is 11.8. The van der Waals surface area contributed by atoms with Gasteiger partial charge in [0, 0.05) is 19.3 Å². The molecule has 0 heterocycles. The lowest BCUT2D eigenvalue weighted by atomic mass is 9.80. The Morgan fingerprint density at radius 2 is 2.25 bits per heavy atom. The Morgan fingerprint density at radius 3 is 2.85 bits per heavy atom. The van der Waals surface area contributed by atoms with Crippen molar-refractivity contribution < 1.29 is 14.6 Å². The maximum atomic E-state index is 11.8. The van der Waals surface area contributed by atoms with Gasteiger partial charge in [0.1, 0.15) is 0 Å². The first-order valence-corrected chi connectivity index (χ1v) is 6.92. The van der Waals surface area contributed by atoms with Crippen molar-refractivity contribution in [1.82, 2.24) is 5.32 Å². The van der Waals surface area contributed by atoms with Crippen molar-refractivity contribution in [2.75, 3.05) is 19.0 Å². The molecule has 0 radical (unpaired) electrons. The van der Waals surface area contributed by atoms with Gasteiger partial charge in [-0.15, -0.1) is 0 Å². The van der Waals surface area contributed by atoms with E-state index in [0.717, 1.165) is 24.8 Å². The van der Waals surface area contributed by atoms with E-state index in [0.29, 0.717) is 12.2 Å². The maximum absolute atomic E-state index is 11.8. The lowest BCUT2D eigenvalue weighted by Gasteiger charge is -2.36. The second kappa shape index (κ2) is 6.24. The number of rotatable bonds is 5. The van der Waals surface area contributed by atoms with E-state index in [9.17, 15) is 9.90 Å². The van der Waals surface area contributed by atoms with E-state index in [2.05, 4.69) is 10.6 Å². The highest BCUT2D eigenvalue weighted by atomic mass is 16.5. The topological polar surface area (TPSA) is 70.6 Å². The van der Waals surface area contributed by atoms with E-state index in [4.69, 9.17) is 4.74 Å². The van der Waals surface area contributed by atoms with Gasteiger partial charge in [0.05, 0.1) is 11.7 Å². The first kappa shape index (κ1) is 14.8. The minimum Gasteiger partial charge on any atom is -0.388 e. The molecule has 5 heteroatoms. The SMILES string of the molecule is COC(C)c1cccc(NC(=O)NCC2(O)CCC2)c1. The van der Waals surface area contributed by atoms with E-state index < -0.39 is 5.60 Å². The van der Waals surface area contributed by atoms with Crippen LogP contribution in [0.4, 0.5) is 10.5 Å². The van der Waals surface area contributed by atoms with E-state index in [1.54, 1.807) is 7.11 Å². The minimum absolute atomic E-state index is 0.0181. The average Bonchev–Trinajstić information content (AvgIpc) is 2.42. The molecule has 1 fully saturated rings. The summed E-state index contributed by atoms with van der Waals surface area (Å²) in [7, 11) is 1.65. The summed E-state index contributed by atoms with van der Waals surface area (Å²) in [5, 5.41) is 15.4. The largest absolute Gasteiger partial charge is 0.388 e. The van der Waals surface area contributed by atoms with Gasteiger partial charge < -0.3 is 20.5 Å². The van der Waals surface area contributed by atoms with Crippen LogP contribution in [0.25, 0.3) is 0 Å². The van der Waals surface area contributed by atoms with Gasteiger partial charge in [-0.2, -0.15) is 0 Å².